The number of nitrogens with zero attached hydrogens (tertiary/aromatic N) is 1. The zero-order chi connectivity index (χ0) is 17.6. The van der Waals surface area contributed by atoms with Crippen molar-refractivity contribution < 1.29 is 23.5 Å². The first-order chi connectivity index (χ1) is 10.5. The molecule has 2 rings (SSSR count). The maximum absolute atomic E-state index is 13.6. The summed E-state index contributed by atoms with van der Waals surface area (Å²) in [5.41, 5.74) is -1.52. The Bertz CT molecular complexity index is 639. The highest BCUT2D eigenvalue weighted by Gasteiger charge is 2.51. The molecule has 0 aromatic heterocycles. The van der Waals surface area contributed by atoms with Crippen LogP contribution in [0.2, 0.25) is 0 Å². The SMILES string of the molecule is CC(C(=O)O)N1C(=O)C(C)(C)CC[C@@]1(C)c1cc(F)cc(F)c1. The molecule has 0 radical (unpaired) electrons. The smallest absolute Gasteiger partial charge is 0.326 e. The first-order valence-corrected chi connectivity index (χ1v) is 7.52. The number of carbonyl (C=O) groups is 2. The lowest BCUT2D eigenvalue weighted by molar-refractivity contribution is -0.167. The van der Waals surface area contributed by atoms with E-state index in [9.17, 15) is 23.5 Å². The van der Waals surface area contributed by atoms with Crippen molar-refractivity contribution in [2.45, 2.75) is 52.1 Å². The molecule has 23 heavy (non-hydrogen) atoms. The third kappa shape index (κ3) is 2.94. The van der Waals surface area contributed by atoms with E-state index in [0.29, 0.717) is 12.8 Å². The molecule has 1 aliphatic heterocycles. The van der Waals surface area contributed by atoms with Gasteiger partial charge in [0.15, 0.2) is 0 Å². The monoisotopic (exact) mass is 325 g/mol. The van der Waals surface area contributed by atoms with E-state index in [1.54, 1.807) is 20.8 Å². The third-order valence-electron chi connectivity index (χ3n) is 4.80. The summed E-state index contributed by atoms with van der Waals surface area (Å²) in [4.78, 5) is 25.5. The summed E-state index contributed by atoms with van der Waals surface area (Å²) in [7, 11) is 0. The van der Waals surface area contributed by atoms with Crippen molar-refractivity contribution >= 4 is 11.9 Å². The number of hydrogen-bond donors (Lipinski definition) is 1. The van der Waals surface area contributed by atoms with Crippen LogP contribution >= 0.6 is 0 Å². The number of benzene rings is 1. The summed E-state index contributed by atoms with van der Waals surface area (Å²) in [5, 5.41) is 9.37. The molecule has 1 heterocycles. The summed E-state index contributed by atoms with van der Waals surface area (Å²) in [6.45, 7) is 6.58. The van der Waals surface area contributed by atoms with E-state index in [0.717, 1.165) is 18.2 Å². The minimum atomic E-state index is -1.15. The van der Waals surface area contributed by atoms with Gasteiger partial charge in [0.25, 0.3) is 0 Å². The average molecular weight is 325 g/mol. The van der Waals surface area contributed by atoms with Crippen molar-refractivity contribution in [1.29, 1.82) is 0 Å². The molecule has 0 bridgehead atoms. The van der Waals surface area contributed by atoms with Gasteiger partial charge in [0.05, 0.1) is 5.54 Å². The van der Waals surface area contributed by atoms with Gasteiger partial charge >= 0.3 is 5.97 Å². The molecular weight excluding hydrogens is 304 g/mol. The number of aliphatic carboxylic acids is 1. The van der Waals surface area contributed by atoms with Crippen LogP contribution in [0, 0.1) is 17.0 Å². The Morgan fingerprint density at radius 3 is 2.17 bits per heavy atom. The molecule has 0 saturated carbocycles. The quantitative estimate of drug-likeness (QED) is 0.927. The molecule has 2 atom stereocenters. The fraction of sp³-hybridized carbons (Fsp3) is 0.529. The molecule has 1 saturated heterocycles. The Hall–Kier alpha value is -1.98. The van der Waals surface area contributed by atoms with Gasteiger partial charge in [-0.05, 0) is 44.4 Å². The number of amides is 1. The van der Waals surface area contributed by atoms with E-state index in [1.807, 2.05) is 0 Å². The third-order valence-corrected chi connectivity index (χ3v) is 4.80. The molecule has 1 aromatic carbocycles. The molecule has 1 amide bonds. The lowest BCUT2D eigenvalue weighted by Crippen LogP contribution is -2.61. The van der Waals surface area contributed by atoms with Crippen molar-refractivity contribution in [2.75, 3.05) is 0 Å². The second-order valence-corrected chi connectivity index (χ2v) is 7.01. The number of hydrogen-bond acceptors (Lipinski definition) is 2. The standard InChI is InChI=1S/C17H21F2NO3/c1-10(14(21)22)20-15(23)16(2,3)5-6-17(20,4)11-7-12(18)9-13(19)8-11/h7-10H,5-6H2,1-4H3,(H,21,22)/t10?,17-/m0/s1. The van der Waals surface area contributed by atoms with Crippen LogP contribution in [-0.4, -0.2) is 27.9 Å². The van der Waals surface area contributed by atoms with Gasteiger partial charge in [0.2, 0.25) is 5.91 Å². The Morgan fingerprint density at radius 1 is 1.17 bits per heavy atom. The highest BCUT2D eigenvalue weighted by atomic mass is 19.1. The molecule has 6 heteroatoms. The van der Waals surface area contributed by atoms with E-state index in [-0.39, 0.29) is 11.5 Å². The fourth-order valence-electron chi connectivity index (χ4n) is 3.20. The second-order valence-electron chi connectivity index (χ2n) is 7.01. The number of piperidine rings is 1. The Labute approximate surface area is 134 Å². The van der Waals surface area contributed by atoms with Crippen molar-refractivity contribution in [3.05, 3.63) is 35.4 Å². The first-order valence-electron chi connectivity index (χ1n) is 7.52. The molecule has 1 aromatic rings. The lowest BCUT2D eigenvalue weighted by Gasteiger charge is -2.51. The Kier molecular flexibility index (Phi) is 4.22. The normalized spacial score (nSPS) is 25.3. The van der Waals surface area contributed by atoms with E-state index in [4.69, 9.17) is 0 Å². The largest absolute Gasteiger partial charge is 0.480 e. The number of halogens is 2. The van der Waals surface area contributed by atoms with Crippen LogP contribution in [0.5, 0.6) is 0 Å². The second kappa shape index (κ2) is 5.58. The summed E-state index contributed by atoms with van der Waals surface area (Å²) in [6, 6.07) is 1.98. The van der Waals surface area contributed by atoms with Crippen molar-refractivity contribution in [1.82, 2.24) is 4.90 Å². The lowest BCUT2D eigenvalue weighted by atomic mass is 9.71. The molecule has 1 unspecified atom stereocenters. The molecular formula is C17H21F2NO3. The topological polar surface area (TPSA) is 57.6 Å². The number of carboxylic acid groups (broad SMARTS) is 1. The highest BCUT2D eigenvalue weighted by molar-refractivity contribution is 5.88. The highest BCUT2D eigenvalue weighted by Crippen LogP contribution is 2.45. The van der Waals surface area contributed by atoms with Crippen LogP contribution in [0.4, 0.5) is 8.78 Å². The van der Waals surface area contributed by atoms with Crippen LogP contribution < -0.4 is 0 Å². The zero-order valence-electron chi connectivity index (χ0n) is 13.7. The van der Waals surface area contributed by atoms with Gasteiger partial charge in [0, 0.05) is 11.5 Å². The van der Waals surface area contributed by atoms with Crippen LogP contribution in [0.25, 0.3) is 0 Å². The summed E-state index contributed by atoms with van der Waals surface area (Å²) >= 11 is 0. The van der Waals surface area contributed by atoms with Gasteiger partial charge in [-0.25, -0.2) is 13.6 Å². The maximum Gasteiger partial charge on any atom is 0.326 e. The number of carbonyl (C=O) groups excluding carboxylic acids is 1. The van der Waals surface area contributed by atoms with Crippen molar-refractivity contribution in [3.63, 3.8) is 0 Å². The zero-order valence-corrected chi connectivity index (χ0v) is 13.7. The summed E-state index contributed by atoms with van der Waals surface area (Å²) in [5.74, 6) is -2.98. The molecule has 4 nitrogen and oxygen atoms in total. The number of likely N-dealkylation sites (tertiary alicyclic amines) is 1. The van der Waals surface area contributed by atoms with E-state index in [2.05, 4.69) is 0 Å². The van der Waals surface area contributed by atoms with E-state index in [1.165, 1.54) is 11.8 Å². The Morgan fingerprint density at radius 2 is 1.70 bits per heavy atom. The van der Waals surface area contributed by atoms with Crippen molar-refractivity contribution in [2.24, 2.45) is 5.41 Å². The minimum Gasteiger partial charge on any atom is -0.480 e. The van der Waals surface area contributed by atoms with Gasteiger partial charge in [-0.1, -0.05) is 13.8 Å². The molecule has 1 fully saturated rings. The van der Waals surface area contributed by atoms with Crippen LogP contribution in [0.15, 0.2) is 18.2 Å². The molecule has 1 N–H and O–H groups in total. The van der Waals surface area contributed by atoms with E-state index >= 15 is 0 Å². The first kappa shape index (κ1) is 17.4. The van der Waals surface area contributed by atoms with Gasteiger partial charge in [0.1, 0.15) is 17.7 Å². The molecule has 0 aliphatic carbocycles. The molecule has 0 spiro atoms. The predicted octanol–water partition coefficient (Wildman–Crippen LogP) is 3.30. The minimum absolute atomic E-state index is 0.270. The number of carboxylic acids is 1. The van der Waals surface area contributed by atoms with Gasteiger partial charge < -0.3 is 10.0 Å². The number of rotatable bonds is 3. The van der Waals surface area contributed by atoms with E-state index < -0.39 is 34.6 Å². The predicted molar refractivity (Wildman–Crippen MR) is 80.7 cm³/mol. The van der Waals surface area contributed by atoms with Crippen LogP contribution in [-0.2, 0) is 15.1 Å². The van der Waals surface area contributed by atoms with Crippen molar-refractivity contribution in [3.8, 4) is 0 Å². The van der Waals surface area contributed by atoms with Crippen LogP contribution in [0.1, 0.15) is 46.1 Å². The molecule has 126 valence electrons. The summed E-state index contributed by atoms with van der Waals surface area (Å²) < 4.78 is 27.3. The fourth-order valence-corrected chi connectivity index (χ4v) is 3.20. The van der Waals surface area contributed by atoms with Gasteiger partial charge in [-0.3, -0.25) is 4.79 Å². The average Bonchev–Trinajstić information content (AvgIpc) is 2.42. The van der Waals surface area contributed by atoms with Gasteiger partial charge in [-0.15, -0.1) is 0 Å². The van der Waals surface area contributed by atoms with Gasteiger partial charge in [-0.2, -0.15) is 0 Å². The van der Waals surface area contributed by atoms with Crippen LogP contribution in [0.3, 0.4) is 0 Å². The Balaban J connectivity index is 2.60. The molecule has 1 aliphatic rings. The summed E-state index contributed by atoms with van der Waals surface area (Å²) in [6.07, 6.45) is 0.926. The maximum atomic E-state index is 13.6.